The smallest absolute Gasteiger partial charge is 0.126 e. The van der Waals surface area contributed by atoms with Gasteiger partial charge in [0.1, 0.15) is 5.82 Å². The second-order valence-corrected chi connectivity index (χ2v) is 5.81. The molecule has 0 aromatic heterocycles. The standard InChI is InChI=1S/C14H21BrFN/c1-10(2)8-13(17-3)6-4-11-9-12(15)5-7-14(11)16/h5,7,9-10,13,17H,4,6,8H2,1-3H3. The van der Waals surface area contributed by atoms with Gasteiger partial charge in [0.05, 0.1) is 0 Å². The van der Waals surface area contributed by atoms with Crippen LogP contribution in [0.3, 0.4) is 0 Å². The molecule has 17 heavy (non-hydrogen) atoms. The molecule has 1 aromatic rings. The first kappa shape index (κ1) is 14.7. The monoisotopic (exact) mass is 301 g/mol. The van der Waals surface area contributed by atoms with Crippen LogP contribution >= 0.6 is 15.9 Å². The Morgan fingerprint density at radius 3 is 2.65 bits per heavy atom. The zero-order valence-corrected chi connectivity index (χ0v) is 12.3. The number of aryl methyl sites for hydroxylation is 1. The number of halogens is 2. The molecule has 1 N–H and O–H groups in total. The van der Waals surface area contributed by atoms with Crippen molar-refractivity contribution in [1.29, 1.82) is 0 Å². The molecular formula is C14H21BrFN. The normalized spacial score (nSPS) is 13.1. The van der Waals surface area contributed by atoms with Crippen LogP contribution in [0.5, 0.6) is 0 Å². The van der Waals surface area contributed by atoms with Crippen LogP contribution in [0.1, 0.15) is 32.3 Å². The summed E-state index contributed by atoms with van der Waals surface area (Å²) in [4.78, 5) is 0. The average molecular weight is 302 g/mol. The molecule has 1 atom stereocenters. The number of hydrogen-bond acceptors (Lipinski definition) is 1. The van der Waals surface area contributed by atoms with Gasteiger partial charge in [-0.05, 0) is 56.0 Å². The predicted molar refractivity (Wildman–Crippen MR) is 74.7 cm³/mol. The van der Waals surface area contributed by atoms with Gasteiger partial charge < -0.3 is 5.32 Å². The van der Waals surface area contributed by atoms with E-state index in [0.29, 0.717) is 12.0 Å². The first-order valence-corrected chi connectivity index (χ1v) is 6.93. The van der Waals surface area contributed by atoms with E-state index < -0.39 is 0 Å². The minimum absolute atomic E-state index is 0.104. The maximum absolute atomic E-state index is 13.5. The minimum Gasteiger partial charge on any atom is -0.317 e. The van der Waals surface area contributed by atoms with E-state index in [4.69, 9.17) is 0 Å². The van der Waals surface area contributed by atoms with E-state index in [-0.39, 0.29) is 5.82 Å². The lowest BCUT2D eigenvalue weighted by Crippen LogP contribution is -2.27. The molecule has 0 saturated heterocycles. The van der Waals surface area contributed by atoms with E-state index in [9.17, 15) is 4.39 Å². The largest absolute Gasteiger partial charge is 0.317 e. The Bertz CT molecular complexity index is 352. The first-order chi connectivity index (χ1) is 8.02. The van der Waals surface area contributed by atoms with Crippen LogP contribution in [0.15, 0.2) is 22.7 Å². The third-order valence-corrected chi connectivity index (χ3v) is 3.43. The second-order valence-electron chi connectivity index (χ2n) is 4.89. The summed E-state index contributed by atoms with van der Waals surface area (Å²) < 4.78 is 14.5. The van der Waals surface area contributed by atoms with E-state index in [2.05, 4.69) is 35.1 Å². The van der Waals surface area contributed by atoms with Crippen molar-refractivity contribution in [2.45, 2.75) is 39.2 Å². The van der Waals surface area contributed by atoms with Gasteiger partial charge in [0.15, 0.2) is 0 Å². The molecule has 0 aliphatic heterocycles. The van der Waals surface area contributed by atoms with Gasteiger partial charge >= 0.3 is 0 Å². The Morgan fingerprint density at radius 1 is 1.35 bits per heavy atom. The third-order valence-electron chi connectivity index (χ3n) is 2.93. The minimum atomic E-state index is -0.104. The summed E-state index contributed by atoms with van der Waals surface area (Å²) in [6, 6.07) is 5.60. The average Bonchev–Trinajstić information content (AvgIpc) is 2.28. The van der Waals surface area contributed by atoms with Gasteiger partial charge in [-0.2, -0.15) is 0 Å². The highest BCUT2D eigenvalue weighted by atomic mass is 79.9. The van der Waals surface area contributed by atoms with Crippen LogP contribution in [0.4, 0.5) is 4.39 Å². The fourth-order valence-electron chi connectivity index (χ4n) is 2.01. The summed E-state index contributed by atoms with van der Waals surface area (Å²) in [5.41, 5.74) is 0.795. The van der Waals surface area contributed by atoms with Crippen LogP contribution in [-0.4, -0.2) is 13.1 Å². The van der Waals surface area contributed by atoms with E-state index >= 15 is 0 Å². The van der Waals surface area contributed by atoms with Crippen molar-refractivity contribution in [1.82, 2.24) is 5.32 Å². The zero-order valence-electron chi connectivity index (χ0n) is 10.8. The van der Waals surface area contributed by atoms with Crippen molar-refractivity contribution in [3.8, 4) is 0 Å². The molecule has 1 unspecified atom stereocenters. The van der Waals surface area contributed by atoms with Crippen LogP contribution in [-0.2, 0) is 6.42 Å². The molecular weight excluding hydrogens is 281 g/mol. The summed E-state index contributed by atoms with van der Waals surface area (Å²) in [6.45, 7) is 4.42. The molecule has 0 spiro atoms. The quantitative estimate of drug-likeness (QED) is 0.832. The lowest BCUT2D eigenvalue weighted by Gasteiger charge is -2.18. The van der Waals surface area contributed by atoms with Crippen LogP contribution < -0.4 is 5.32 Å². The highest BCUT2D eigenvalue weighted by molar-refractivity contribution is 9.10. The highest BCUT2D eigenvalue weighted by Crippen LogP contribution is 2.18. The summed E-state index contributed by atoms with van der Waals surface area (Å²) in [6.07, 6.45) is 2.89. The fourth-order valence-corrected chi connectivity index (χ4v) is 2.42. The Kier molecular flexibility index (Phi) is 6.14. The highest BCUT2D eigenvalue weighted by Gasteiger charge is 2.10. The Morgan fingerprint density at radius 2 is 2.06 bits per heavy atom. The lowest BCUT2D eigenvalue weighted by atomic mass is 9.97. The molecule has 96 valence electrons. The number of nitrogens with one attached hydrogen (secondary N) is 1. The molecule has 1 rings (SSSR count). The fraction of sp³-hybridized carbons (Fsp3) is 0.571. The van der Waals surface area contributed by atoms with Crippen LogP contribution in [0.25, 0.3) is 0 Å². The summed E-state index contributed by atoms with van der Waals surface area (Å²) in [5, 5.41) is 3.30. The molecule has 0 fully saturated rings. The van der Waals surface area contributed by atoms with E-state index in [1.807, 2.05) is 13.1 Å². The summed E-state index contributed by atoms with van der Waals surface area (Å²) in [5.74, 6) is 0.562. The van der Waals surface area contributed by atoms with Crippen molar-refractivity contribution >= 4 is 15.9 Å². The number of benzene rings is 1. The maximum Gasteiger partial charge on any atom is 0.126 e. The summed E-state index contributed by atoms with van der Waals surface area (Å²) in [7, 11) is 1.98. The molecule has 0 saturated carbocycles. The molecule has 1 aromatic carbocycles. The predicted octanol–water partition coefficient (Wildman–Crippen LogP) is 4.15. The van der Waals surface area contributed by atoms with Gasteiger partial charge in [-0.15, -0.1) is 0 Å². The first-order valence-electron chi connectivity index (χ1n) is 6.14. The molecule has 0 aliphatic rings. The second kappa shape index (κ2) is 7.12. The topological polar surface area (TPSA) is 12.0 Å². The zero-order chi connectivity index (χ0) is 12.8. The van der Waals surface area contributed by atoms with Crippen molar-refractivity contribution in [3.05, 3.63) is 34.1 Å². The van der Waals surface area contributed by atoms with Crippen molar-refractivity contribution < 1.29 is 4.39 Å². The van der Waals surface area contributed by atoms with E-state index in [0.717, 1.165) is 29.3 Å². The van der Waals surface area contributed by atoms with Gasteiger partial charge in [-0.3, -0.25) is 0 Å². The molecule has 0 aliphatic carbocycles. The van der Waals surface area contributed by atoms with Gasteiger partial charge in [0, 0.05) is 10.5 Å². The Labute approximate surface area is 112 Å². The number of rotatable bonds is 6. The van der Waals surface area contributed by atoms with E-state index in [1.54, 1.807) is 6.07 Å². The van der Waals surface area contributed by atoms with Crippen LogP contribution in [0.2, 0.25) is 0 Å². The summed E-state index contributed by atoms with van der Waals surface area (Å²) >= 11 is 3.38. The van der Waals surface area contributed by atoms with E-state index in [1.165, 1.54) is 6.07 Å². The Hall–Kier alpha value is -0.410. The van der Waals surface area contributed by atoms with Gasteiger partial charge in [-0.25, -0.2) is 4.39 Å². The van der Waals surface area contributed by atoms with Gasteiger partial charge in [0.25, 0.3) is 0 Å². The molecule has 0 heterocycles. The van der Waals surface area contributed by atoms with Crippen molar-refractivity contribution in [3.63, 3.8) is 0 Å². The van der Waals surface area contributed by atoms with Gasteiger partial charge in [-0.1, -0.05) is 29.8 Å². The molecule has 3 heteroatoms. The van der Waals surface area contributed by atoms with Crippen LogP contribution in [0, 0.1) is 11.7 Å². The molecule has 0 bridgehead atoms. The molecule has 0 radical (unpaired) electrons. The van der Waals surface area contributed by atoms with Crippen molar-refractivity contribution in [2.24, 2.45) is 5.92 Å². The maximum atomic E-state index is 13.5. The van der Waals surface area contributed by atoms with Gasteiger partial charge in [0.2, 0.25) is 0 Å². The Balaban J connectivity index is 2.56. The lowest BCUT2D eigenvalue weighted by molar-refractivity contribution is 0.419. The molecule has 0 amide bonds. The van der Waals surface area contributed by atoms with Crippen molar-refractivity contribution in [2.75, 3.05) is 7.05 Å². The SMILES string of the molecule is CNC(CCc1cc(Br)ccc1F)CC(C)C. The number of hydrogen-bond donors (Lipinski definition) is 1. The molecule has 1 nitrogen and oxygen atoms in total. The third kappa shape index (κ3) is 5.17.